The Hall–Kier alpha value is -2.57. The van der Waals surface area contributed by atoms with Gasteiger partial charge in [-0.1, -0.05) is 0 Å². The molecule has 2 aromatic heterocycles. The summed E-state index contributed by atoms with van der Waals surface area (Å²) in [6.07, 6.45) is 6.97. The van der Waals surface area contributed by atoms with E-state index in [1.807, 2.05) is 53.0 Å². The van der Waals surface area contributed by atoms with Gasteiger partial charge in [0.25, 0.3) is 5.91 Å². The molecule has 2 aliphatic rings. The van der Waals surface area contributed by atoms with E-state index in [4.69, 9.17) is 0 Å². The van der Waals surface area contributed by atoms with Gasteiger partial charge in [-0.25, -0.2) is 0 Å². The van der Waals surface area contributed by atoms with Crippen LogP contribution in [0.3, 0.4) is 0 Å². The highest BCUT2D eigenvalue weighted by Gasteiger charge is 2.52. The lowest BCUT2D eigenvalue weighted by Crippen LogP contribution is -2.38. The summed E-state index contributed by atoms with van der Waals surface area (Å²) in [6, 6.07) is 3.69. The van der Waals surface area contributed by atoms with E-state index in [1.165, 1.54) is 0 Å². The van der Waals surface area contributed by atoms with E-state index in [0.717, 1.165) is 18.5 Å². The number of aromatic nitrogens is 3. The van der Waals surface area contributed by atoms with Crippen LogP contribution in [0.15, 0.2) is 30.7 Å². The van der Waals surface area contributed by atoms with Crippen molar-refractivity contribution >= 4 is 17.5 Å². The zero-order valence-corrected chi connectivity index (χ0v) is 14.0. The molecule has 7 nitrogen and oxygen atoms in total. The van der Waals surface area contributed by atoms with Crippen LogP contribution in [0.1, 0.15) is 23.3 Å². The third-order valence-electron chi connectivity index (χ3n) is 5.32. The van der Waals surface area contributed by atoms with Gasteiger partial charge in [0.15, 0.2) is 0 Å². The topological polar surface area (TPSA) is 63.4 Å². The van der Waals surface area contributed by atoms with Crippen molar-refractivity contribution in [3.63, 3.8) is 0 Å². The molecule has 2 amide bonds. The van der Waals surface area contributed by atoms with Gasteiger partial charge < -0.3 is 14.4 Å². The van der Waals surface area contributed by atoms with E-state index in [9.17, 15) is 9.59 Å². The fraction of sp³-hybridized carbons (Fsp3) is 0.471. The van der Waals surface area contributed by atoms with Gasteiger partial charge in [0.1, 0.15) is 5.69 Å². The van der Waals surface area contributed by atoms with E-state index in [2.05, 4.69) is 5.10 Å². The van der Waals surface area contributed by atoms with Crippen molar-refractivity contribution in [3.8, 4) is 0 Å². The van der Waals surface area contributed by atoms with Crippen LogP contribution < -0.4 is 4.90 Å². The maximum absolute atomic E-state index is 13.0. The quantitative estimate of drug-likeness (QED) is 0.827. The Bertz CT molecular complexity index is 808. The average molecular weight is 327 g/mol. The molecule has 0 bridgehead atoms. The van der Waals surface area contributed by atoms with Crippen LogP contribution in [0.25, 0.3) is 0 Å². The van der Waals surface area contributed by atoms with Crippen molar-refractivity contribution in [2.75, 3.05) is 24.5 Å². The Balaban J connectivity index is 1.53. The molecule has 2 fully saturated rings. The van der Waals surface area contributed by atoms with E-state index >= 15 is 0 Å². The molecule has 2 aliphatic heterocycles. The minimum atomic E-state index is -0.434. The first-order chi connectivity index (χ1) is 11.5. The summed E-state index contributed by atoms with van der Waals surface area (Å²) in [5.74, 6) is 0.129. The summed E-state index contributed by atoms with van der Waals surface area (Å²) < 4.78 is 3.53. The number of amides is 2. The van der Waals surface area contributed by atoms with Crippen LogP contribution in [0.4, 0.5) is 5.69 Å². The van der Waals surface area contributed by atoms with Crippen molar-refractivity contribution < 1.29 is 9.59 Å². The average Bonchev–Trinajstić information content (AvgIpc) is 3.31. The number of carbonyl (C=O) groups is 2. The lowest BCUT2D eigenvalue weighted by Gasteiger charge is -2.23. The number of rotatable bonds is 2. The summed E-state index contributed by atoms with van der Waals surface area (Å²) in [4.78, 5) is 29.3. The molecule has 4 heterocycles. The number of anilines is 1. The number of hydrogen-bond acceptors (Lipinski definition) is 3. The summed E-state index contributed by atoms with van der Waals surface area (Å²) in [5, 5.41) is 4.15. The molecule has 4 rings (SSSR count). The van der Waals surface area contributed by atoms with Gasteiger partial charge in [-0.05, 0) is 25.0 Å². The van der Waals surface area contributed by atoms with E-state index in [1.54, 1.807) is 10.9 Å². The molecule has 7 heteroatoms. The largest absolute Gasteiger partial charge is 0.347 e. The Labute approximate surface area is 140 Å². The highest BCUT2D eigenvalue weighted by Crippen LogP contribution is 2.42. The second-order valence-electron chi connectivity index (χ2n) is 6.84. The SMILES string of the molecule is Cn1cc(N2CC[C@]3(CCN(C(=O)c4cccn4C)C3)C2=O)cn1. The minimum Gasteiger partial charge on any atom is -0.347 e. The van der Waals surface area contributed by atoms with Crippen molar-refractivity contribution in [2.24, 2.45) is 19.5 Å². The van der Waals surface area contributed by atoms with Crippen molar-refractivity contribution in [2.45, 2.75) is 12.8 Å². The number of aryl methyl sites for hydroxylation is 2. The minimum absolute atomic E-state index is 0.00648. The zero-order chi connectivity index (χ0) is 16.9. The molecule has 0 unspecified atom stereocenters. The second kappa shape index (κ2) is 5.22. The Kier molecular flexibility index (Phi) is 3.26. The van der Waals surface area contributed by atoms with Crippen LogP contribution >= 0.6 is 0 Å². The van der Waals surface area contributed by atoms with Gasteiger partial charge in [0.05, 0.1) is 17.3 Å². The number of hydrogen-bond donors (Lipinski definition) is 0. The first kappa shape index (κ1) is 15.0. The van der Waals surface area contributed by atoms with Crippen LogP contribution in [-0.2, 0) is 18.9 Å². The van der Waals surface area contributed by atoms with Crippen molar-refractivity contribution in [1.82, 2.24) is 19.2 Å². The molecule has 126 valence electrons. The number of nitrogens with zero attached hydrogens (tertiary/aromatic N) is 5. The zero-order valence-electron chi connectivity index (χ0n) is 14.0. The molecule has 0 N–H and O–H groups in total. The highest BCUT2D eigenvalue weighted by molar-refractivity contribution is 6.01. The molecule has 0 aliphatic carbocycles. The maximum Gasteiger partial charge on any atom is 0.270 e. The first-order valence-electron chi connectivity index (χ1n) is 8.21. The standard InChI is InChI=1S/C17H21N5O2/c1-19-7-3-4-14(19)15(23)21-8-5-17(12-21)6-9-22(16(17)24)13-10-18-20(2)11-13/h3-4,7,10-11H,5-6,8-9,12H2,1-2H3/t17-/m0/s1. The predicted molar refractivity (Wildman–Crippen MR) is 88.5 cm³/mol. The molecule has 0 aromatic carbocycles. The lowest BCUT2D eigenvalue weighted by atomic mass is 9.85. The number of likely N-dealkylation sites (tertiary alicyclic amines) is 1. The van der Waals surface area contributed by atoms with Gasteiger partial charge in [0.2, 0.25) is 5.91 Å². The Morgan fingerprint density at radius 3 is 2.71 bits per heavy atom. The first-order valence-corrected chi connectivity index (χ1v) is 8.21. The Morgan fingerprint density at radius 2 is 2.04 bits per heavy atom. The molecule has 2 saturated heterocycles. The Morgan fingerprint density at radius 1 is 1.25 bits per heavy atom. The van der Waals surface area contributed by atoms with E-state index in [-0.39, 0.29) is 11.8 Å². The third-order valence-corrected chi connectivity index (χ3v) is 5.32. The summed E-state index contributed by atoms with van der Waals surface area (Å²) >= 11 is 0. The van der Waals surface area contributed by atoms with Crippen molar-refractivity contribution in [1.29, 1.82) is 0 Å². The fourth-order valence-electron chi connectivity index (χ4n) is 3.88. The molecule has 24 heavy (non-hydrogen) atoms. The maximum atomic E-state index is 13.0. The van der Waals surface area contributed by atoms with Gasteiger partial charge in [-0.3, -0.25) is 14.3 Å². The molecule has 0 radical (unpaired) electrons. The molecule has 2 aromatic rings. The normalized spacial score (nSPS) is 23.7. The van der Waals surface area contributed by atoms with Crippen LogP contribution in [0, 0.1) is 5.41 Å². The monoisotopic (exact) mass is 327 g/mol. The van der Waals surface area contributed by atoms with E-state index in [0.29, 0.717) is 25.3 Å². The molecule has 1 spiro atoms. The third kappa shape index (κ3) is 2.15. The molecule has 0 saturated carbocycles. The van der Waals surface area contributed by atoms with Gasteiger partial charge in [-0.15, -0.1) is 0 Å². The van der Waals surface area contributed by atoms with Gasteiger partial charge in [-0.2, -0.15) is 5.10 Å². The molecular formula is C17H21N5O2. The van der Waals surface area contributed by atoms with Crippen LogP contribution in [0.2, 0.25) is 0 Å². The van der Waals surface area contributed by atoms with Crippen LogP contribution in [-0.4, -0.2) is 50.7 Å². The molecular weight excluding hydrogens is 306 g/mol. The van der Waals surface area contributed by atoms with Gasteiger partial charge in [0, 0.05) is 46.1 Å². The summed E-state index contributed by atoms with van der Waals surface area (Å²) in [5.41, 5.74) is 1.07. The lowest BCUT2D eigenvalue weighted by molar-refractivity contribution is -0.124. The summed E-state index contributed by atoms with van der Waals surface area (Å²) in [7, 11) is 3.71. The number of carbonyl (C=O) groups excluding carboxylic acids is 2. The van der Waals surface area contributed by atoms with Gasteiger partial charge >= 0.3 is 0 Å². The summed E-state index contributed by atoms with van der Waals surface area (Å²) in [6.45, 7) is 1.83. The van der Waals surface area contributed by atoms with E-state index < -0.39 is 5.41 Å². The second-order valence-corrected chi connectivity index (χ2v) is 6.84. The molecule has 1 atom stereocenters. The highest BCUT2D eigenvalue weighted by atomic mass is 16.2. The van der Waals surface area contributed by atoms with Crippen LogP contribution in [0.5, 0.6) is 0 Å². The predicted octanol–water partition coefficient (Wildman–Crippen LogP) is 1.03. The fourth-order valence-corrected chi connectivity index (χ4v) is 3.88. The van der Waals surface area contributed by atoms with Crippen molar-refractivity contribution in [3.05, 3.63) is 36.4 Å². The smallest absolute Gasteiger partial charge is 0.270 e.